The van der Waals surface area contributed by atoms with Crippen molar-refractivity contribution in [1.82, 2.24) is 9.88 Å². The first kappa shape index (κ1) is 16.9. The number of rotatable bonds is 6. The molecule has 0 radical (unpaired) electrons. The third-order valence-electron chi connectivity index (χ3n) is 3.88. The quantitative estimate of drug-likeness (QED) is 0.865. The maximum Gasteiger partial charge on any atom is 0.329 e. The molecule has 1 amide bonds. The summed E-state index contributed by atoms with van der Waals surface area (Å²) in [6.45, 7) is 0.518. The summed E-state index contributed by atoms with van der Waals surface area (Å²) in [5.74, 6) is -1.09. The van der Waals surface area contributed by atoms with E-state index < -0.39 is 12.6 Å². The smallest absolute Gasteiger partial charge is 0.329 e. The van der Waals surface area contributed by atoms with Crippen LogP contribution >= 0.6 is 0 Å². The highest BCUT2D eigenvalue weighted by Gasteiger charge is 2.25. The van der Waals surface area contributed by atoms with Crippen molar-refractivity contribution in [3.8, 4) is 0 Å². The molecule has 0 unspecified atom stereocenters. The number of amides is 1. The molecule has 1 aliphatic rings. The lowest BCUT2D eigenvalue weighted by Gasteiger charge is -2.27. The minimum atomic E-state index is -1.08. The van der Waals surface area contributed by atoms with Crippen LogP contribution in [0.25, 0.3) is 5.57 Å². The van der Waals surface area contributed by atoms with E-state index in [9.17, 15) is 9.59 Å². The van der Waals surface area contributed by atoms with Gasteiger partial charge in [-0.3, -0.25) is 4.79 Å². The first-order valence-electron chi connectivity index (χ1n) is 7.91. The number of carbonyl (C=O) groups is 2. The van der Waals surface area contributed by atoms with Crippen molar-refractivity contribution in [2.45, 2.75) is 13.0 Å². The Bertz CT molecular complexity index is 782. The molecule has 7 nitrogen and oxygen atoms in total. The fourth-order valence-corrected chi connectivity index (χ4v) is 2.71. The summed E-state index contributed by atoms with van der Waals surface area (Å²) in [6, 6.07) is 9.91. The lowest BCUT2D eigenvalue weighted by atomic mass is 10.0. The molecule has 0 aliphatic carbocycles. The number of carboxylic acids is 1. The minimum absolute atomic E-state index is 0.109. The van der Waals surface area contributed by atoms with Crippen molar-refractivity contribution in [3.63, 3.8) is 0 Å². The Balaban J connectivity index is 1.69. The molecule has 2 aromatic rings. The van der Waals surface area contributed by atoms with Crippen LogP contribution in [0.4, 0.5) is 0 Å². The van der Waals surface area contributed by atoms with Crippen molar-refractivity contribution >= 4 is 17.4 Å². The molecule has 0 bridgehead atoms. The fourth-order valence-electron chi connectivity index (χ4n) is 2.71. The molecule has 1 aromatic carbocycles. The molecule has 0 atom stereocenters. The Morgan fingerprint density at radius 2 is 2.08 bits per heavy atom. The molecule has 2 heterocycles. The summed E-state index contributed by atoms with van der Waals surface area (Å²) < 4.78 is 10.2. The van der Waals surface area contributed by atoms with Crippen LogP contribution in [0.1, 0.15) is 28.2 Å². The number of carbonyl (C=O) groups excluding carboxylic acids is 1. The molecular formula is C18H18N2O5. The average molecular weight is 342 g/mol. The molecule has 0 spiro atoms. The molecule has 130 valence electrons. The van der Waals surface area contributed by atoms with Gasteiger partial charge in [-0.05, 0) is 17.6 Å². The second-order valence-corrected chi connectivity index (χ2v) is 5.62. The maximum absolute atomic E-state index is 12.8. The highest BCUT2D eigenvalue weighted by molar-refractivity contribution is 5.94. The molecular weight excluding hydrogens is 324 g/mol. The van der Waals surface area contributed by atoms with Gasteiger partial charge in [-0.15, -0.1) is 0 Å². The van der Waals surface area contributed by atoms with Gasteiger partial charge < -0.3 is 19.2 Å². The zero-order chi connectivity index (χ0) is 17.6. The Hall–Kier alpha value is -2.93. The number of oxazole rings is 1. The van der Waals surface area contributed by atoms with Gasteiger partial charge in [-0.25, -0.2) is 9.78 Å². The third kappa shape index (κ3) is 4.13. The standard InChI is InChI=1S/C18H18N2O5/c21-16(22)11-24-10-15-17(19-12-25-15)18(23)20-8-4-7-14(9-20)13-5-2-1-3-6-13/h1-3,5-7,12H,4,8-11H2,(H,21,22). The van der Waals surface area contributed by atoms with E-state index in [2.05, 4.69) is 11.1 Å². The van der Waals surface area contributed by atoms with E-state index in [0.29, 0.717) is 13.1 Å². The Morgan fingerprint density at radius 1 is 1.28 bits per heavy atom. The summed E-state index contributed by atoms with van der Waals surface area (Å²) in [4.78, 5) is 29.0. The van der Waals surface area contributed by atoms with Crippen molar-refractivity contribution in [1.29, 1.82) is 0 Å². The number of nitrogens with zero attached hydrogens (tertiary/aromatic N) is 2. The van der Waals surface area contributed by atoms with Crippen LogP contribution < -0.4 is 0 Å². The number of aromatic nitrogens is 1. The zero-order valence-electron chi connectivity index (χ0n) is 13.6. The normalized spacial score (nSPS) is 14.2. The highest BCUT2D eigenvalue weighted by Crippen LogP contribution is 2.22. The number of hydrogen-bond acceptors (Lipinski definition) is 5. The Kier molecular flexibility index (Phi) is 5.25. The van der Waals surface area contributed by atoms with Crippen molar-refractivity contribution in [2.75, 3.05) is 19.7 Å². The molecule has 1 aliphatic heterocycles. The van der Waals surface area contributed by atoms with Crippen molar-refractivity contribution in [3.05, 3.63) is 59.8 Å². The Labute approximate surface area is 144 Å². The summed E-state index contributed by atoms with van der Waals surface area (Å²) >= 11 is 0. The molecule has 1 aromatic heterocycles. The number of carboxylic acid groups (broad SMARTS) is 1. The van der Waals surface area contributed by atoms with Crippen LogP contribution in [0, 0.1) is 0 Å². The fraction of sp³-hybridized carbons (Fsp3) is 0.278. The summed E-state index contributed by atoms with van der Waals surface area (Å²) in [5.41, 5.74) is 2.34. The van der Waals surface area contributed by atoms with Gasteiger partial charge in [0.05, 0.1) is 0 Å². The zero-order valence-corrected chi connectivity index (χ0v) is 13.6. The van der Waals surface area contributed by atoms with E-state index in [1.807, 2.05) is 30.3 Å². The van der Waals surface area contributed by atoms with Crippen LogP contribution in [-0.4, -0.2) is 46.6 Å². The summed E-state index contributed by atoms with van der Waals surface area (Å²) in [6.07, 6.45) is 4.07. The van der Waals surface area contributed by atoms with Crippen LogP contribution in [0.3, 0.4) is 0 Å². The summed E-state index contributed by atoms with van der Waals surface area (Å²) in [5, 5.41) is 8.61. The van der Waals surface area contributed by atoms with E-state index in [4.69, 9.17) is 14.3 Å². The number of hydrogen-bond donors (Lipinski definition) is 1. The highest BCUT2D eigenvalue weighted by atomic mass is 16.5. The van der Waals surface area contributed by atoms with Gasteiger partial charge in [-0.1, -0.05) is 36.4 Å². The minimum Gasteiger partial charge on any atom is -0.480 e. The van der Waals surface area contributed by atoms with Gasteiger partial charge >= 0.3 is 5.97 Å². The molecule has 0 saturated carbocycles. The molecule has 1 N–H and O–H groups in total. The number of ether oxygens (including phenoxy) is 1. The monoisotopic (exact) mass is 342 g/mol. The second kappa shape index (κ2) is 7.76. The van der Waals surface area contributed by atoms with Gasteiger partial charge in [-0.2, -0.15) is 0 Å². The third-order valence-corrected chi connectivity index (χ3v) is 3.88. The van der Waals surface area contributed by atoms with Crippen LogP contribution in [0.5, 0.6) is 0 Å². The van der Waals surface area contributed by atoms with E-state index in [1.54, 1.807) is 4.90 Å². The van der Waals surface area contributed by atoms with E-state index in [1.165, 1.54) is 6.39 Å². The number of benzene rings is 1. The van der Waals surface area contributed by atoms with Crippen LogP contribution in [0.15, 0.2) is 47.2 Å². The SMILES string of the molecule is O=C(O)COCc1ocnc1C(=O)N1CCC=C(c2ccccc2)C1. The van der Waals surface area contributed by atoms with Crippen LogP contribution in [0.2, 0.25) is 0 Å². The molecule has 25 heavy (non-hydrogen) atoms. The molecule has 0 saturated heterocycles. The first-order valence-corrected chi connectivity index (χ1v) is 7.91. The first-order chi connectivity index (χ1) is 12.1. The average Bonchev–Trinajstić information content (AvgIpc) is 3.10. The molecule has 3 rings (SSSR count). The van der Waals surface area contributed by atoms with Gasteiger partial charge in [0.1, 0.15) is 13.2 Å². The van der Waals surface area contributed by atoms with Crippen molar-refractivity contribution in [2.24, 2.45) is 0 Å². The summed E-state index contributed by atoms with van der Waals surface area (Å²) in [7, 11) is 0. The van der Waals surface area contributed by atoms with E-state index >= 15 is 0 Å². The second-order valence-electron chi connectivity index (χ2n) is 5.62. The van der Waals surface area contributed by atoms with Crippen molar-refractivity contribution < 1.29 is 23.8 Å². The van der Waals surface area contributed by atoms with Gasteiger partial charge in [0.15, 0.2) is 17.8 Å². The van der Waals surface area contributed by atoms with Gasteiger partial charge in [0, 0.05) is 13.1 Å². The predicted octanol–water partition coefficient (Wildman–Crippen LogP) is 2.21. The largest absolute Gasteiger partial charge is 0.480 e. The Morgan fingerprint density at radius 3 is 2.84 bits per heavy atom. The van der Waals surface area contributed by atoms with Gasteiger partial charge in [0.25, 0.3) is 5.91 Å². The van der Waals surface area contributed by atoms with Gasteiger partial charge in [0.2, 0.25) is 0 Å². The predicted molar refractivity (Wildman–Crippen MR) is 88.7 cm³/mol. The maximum atomic E-state index is 12.8. The molecule has 7 heteroatoms. The van der Waals surface area contributed by atoms with E-state index in [0.717, 1.165) is 17.6 Å². The number of aliphatic carboxylic acids is 1. The lowest BCUT2D eigenvalue weighted by Crippen LogP contribution is -2.36. The van der Waals surface area contributed by atoms with E-state index in [-0.39, 0.29) is 24.0 Å². The topological polar surface area (TPSA) is 92.9 Å². The van der Waals surface area contributed by atoms with Crippen LogP contribution in [-0.2, 0) is 16.1 Å². The lowest BCUT2D eigenvalue weighted by molar-refractivity contribution is -0.142. The molecule has 0 fully saturated rings.